The highest BCUT2D eigenvalue weighted by Gasteiger charge is 2.53. The summed E-state index contributed by atoms with van der Waals surface area (Å²) in [5.74, 6) is 1.68. The number of rotatable bonds is 4. The number of nitrogens with zero attached hydrogens (tertiary/aromatic N) is 2. The van der Waals surface area contributed by atoms with Gasteiger partial charge in [-0.2, -0.15) is 0 Å². The molecule has 0 spiro atoms. The standard InChI is InChI=1S/C24H28N2O/c1-2-17-5-3-6-18(13-17)15-26-16-22(20-7-4-8-21(27)14-20)24-23(26)19-9-11-25(24)12-10-19/h2-8,13-14,19,22-24,27H,1,9-12,15-16H2/t22-,23+,24+/m0/s1. The number of likely N-dealkylation sites (tertiary alicyclic amines) is 1. The molecule has 4 saturated heterocycles. The van der Waals surface area contributed by atoms with Gasteiger partial charge in [0.15, 0.2) is 0 Å². The van der Waals surface area contributed by atoms with Crippen molar-refractivity contribution in [2.45, 2.75) is 37.4 Å². The molecular formula is C24H28N2O. The quantitative estimate of drug-likeness (QED) is 0.889. The molecule has 0 aliphatic carbocycles. The average molecular weight is 361 g/mol. The predicted octanol–water partition coefficient (Wildman–Crippen LogP) is 4.10. The van der Waals surface area contributed by atoms with E-state index in [9.17, 15) is 5.11 Å². The first-order chi connectivity index (χ1) is 13.2. The normalized spacial score (nSPS) is 32.4. The van der Waals surface area contributed by atoms with Crippen molar-refractivity contribution in [2.24, 2.45) is 5.92 Å². The van der Waals surface area contributed by atoms with Crippen LogP contribution in [-0.4, -0.2) is 46.6 Å². The minimum Gasteiger partial charge on any atom is -0.508 e. The Kier molecular flexibility index (Phi) is 4.30. The van der Waals surface area contributed by atoms with Crippen LogP contribution in [0.4, 0.5) is 0 Å². The second-order valence-corrected chi connectivity index (χ2v) is 8.43. The number of piperidine rings is 3. The van der Waals surface area contributed by atoms with Gasteiger partial charge in [0.05, 0.1) is 0 Å². The van der Waals surface area contributed by atoms with Crippen LogP contribution < -0.4 is 0 Å². The zero-order chi connectivity index (χ0) is 18.4. The lowest BCUT2D eigenvalue weighted by Gasteiger charge is -2.51. The van der Waals surface area contributed by atoms with Crippen molar-refractivity contribution >= 4 is 6.08 Å². The summed E-state index contributed by atoms with van der Waals surface area (Å²) in [5.41, 5.74) is 3.86. The van der Waals surface area contributed by atoms with Crippen LogP contribution in [0, 0.1) is 5.92 Å². The molecule has 1 N–H and O–H groups in total. The molecule has 2 bridgehead atoms. The summed E-state index contributed by atoms with van der Waals surface area (Å²) in [5, 5.41) is 10.0. The summed E-state index contributed by atoms with van der Waals surface area (Å²) in [4.78, 5) is 5.44. The van der Waals surface area contributed by atoms with E-state index < -0.39 is 0 Å². The molecule has 27 heavy (non-hydrogen) atoms. The van der Waals surface area contributed by atoms with Gasteiger partial charge in [-0.15, -0.1) is 0 Å². The van der Waals surface area contributed by atoms with Crippen LogP contribution in [0.15, 0.2) is 55.1 Å². The average Bonchev–Trinajstić information content (AvgIpc) is 3.11. The van der Waals surface area contributed by atoms with Gasteiger partial charge in [-0.25, -0.2) is 0 Å². The van der Waals surface area contributed by atoms with E-state index in [0.717, 1.165) is 19.0 Å². The summed E-state index contributed by atoms with van der Waals surface area (Å²) < 4.78 is 0. The summed E-state index contributed by atoms with van der Waals surface area (Å²) in [6, 6.07) is 17.9. The predicted molar refractivity (Wildman–Crippen MR) is 110 cm³/mol. The van der Waals surface area contributed by atoms with Crippen LogP contribution in [0.3, 0.4) is 0 Å². The van der Waals surface area contributed by atoms with Gasteiger partial charge in [0, 0.05) is 31.1 Å². The van der Waals surface area contributed by atoms with Gasteiger partial charge in [-0.3, -0.25) is 9.80 Å². The van der Waals surface area contributed by atoms with E-state index in [2.05, 4.69) is 46.7 Å². The van der Waals surface area contributed by atoms with E-state index in [0.29, 0.717) is 23.8 Å². The molecule has 4 aliphatic rings. The van der Waals surface area contributed by atoms with E-state index in [1.807, 2.05) is 18.2 Å². The Morgan fingerprint density at radius 2 is 1.85 bits per heavy atom. The molecule has 2 aromatic carbocycles. The summed E-state index contributed by atoms with van der Waals surface area (Å²) in [6.45, 7) is 8.47. The van der Waals surface area contributed by atoms with Crippen molar-refractivity contribution in [3.8, 4) is 5.75 Å². The Labute approximate surface area is 161 Å². The zero-order valence-corrected chi connectivity index (χ0v) is 15.8. The molecule has 3 atom stereocenters. The lowest BCUT2D eigenvalue weighted by molar-refractivity contribution is -0.00869. The summed E-state index contributed by atoms with van der Waals surface area (Å²) in [7, 11) is 0. The van der Waals surface area contributed by atoms with Crippen molar-refractivity contribution in [1.29, 1.82) is 0 Å². The minimum atomic E-state index is 0.386. The van der Waals surface area contributed by atoms with Crippen molar-refractivity contribution in [3.63, 3.8) is 0 Å². The van der Waals surface area contributed by atoms with Crippen LogP contribution in [0.5, 0.6) is 5.75 Å². The van der Waals surface area contributed by atoms with E-state index in [-0.39, 0.29) is 0 Å². The Balaban J connectivity index is 1.47. The van der Waals surface area contributed by atoms with Gasteiger partial charge in [0.2, 0.25) is 0 Å². The molecule has 0 amide bonds. The molecule has 3 nitrogen and oxygen atoms in total. The van der Waals surface area contributed by atoms with Gasteiger partial charge in [0.1, 0.15) is 5.75 Å². The molecule has 6 rings (SSSR count). The van der Waals surface area contributed by atoms with Gasteiger partial charge in [0.25, 0.3) is 0 Å². The van der Waals surface area contributed by atoms with Gasteiger partial charge >= 0.3 is 0 Å². The Morgan fingerprint density at radius 3 is 2.63 bits per heavy atom. The van der Waals surface area contributed by atoms with Crippen molar-refractivity contribution in [1.82, 2.24) is 9.80 Å². The van der Waals surface area contributed by atoms with E-state index in [1.165, 1.54) is 42.6 Å². The number of hydrogen-bond acceptors (Lipinski definition) is 3. The number of fused-ring (bicyclic) bond motifs is 2. The maximum absolute atomic E-state index is 10.0. The SMILES string of the molecule is C=Cc1cccc(CN2C[C@@H](c3cccc(O)c3)[C@@H]3[C@H]2C2CCN3CC2)c1. The smallest absolute Gasteiger partial charge is 0.115 e. The van der Waals surface area contributed by atoms with E-state index in [4.69, 9.17) is 0 Å². The second kappa shape index (κ2) is 6.81. The van der Waals surface area contributed by atoms with Gasteiger partial charge in [-0.05, 0) is 60.7 Å². The fourth-order valence-corrected chi connectivity index (χ4v) is 5.82. The number of benzene rings is 2. The third-order valence-electron chi connectivity index (χ3n) is 6.96. The van der Waals surface area contributed by atoms with Crippen molar-refractivity contribution in [2.75, 3.05) is 19.6 Å². The number of phenolic OH excluding ortho intramolecular Hbond substituents is 1. The summed E-state index contributed by atoms with van der Waals surface area (Å²) in [6.07, 6.45) is 4.59. The molecule has 3 heteroatoms. The third-order valence-corrected chi connectivity index (χ3v) is 6.96. The maximum atomic E-state index is 10.0. The molecule has 0 aromatic heterocycles. The highest BCUT2D eigenvalue weighted by atomic mass is 16.3. The number of aromatic hydroxyl groups is 1. The molecule has 0 unspecified atom stereocenters. The van der Waals surface area contributed by atoms with Gasteiger partial charge < -0.3 is 5.11 Å². The van der Waals surface area contributed by atoms with Crippen LogP contribution in [0.1, 0.15) is 35.4 Å². The lowest BCUT2D eigenvalue weighted by Crippen LogP contribution is -2.59. The number of phenols is 1. The van der Waals surface area contributed by atoms with E-state index >= 15 is 0 Å². The van der Waals surface area contributed by atoms with Crippen LogP contribution in [0.2, 0.25) is 0 Å². The third kappa shape index (κ3) is 2.99. The fourth-order valence-electron chi connectivity index (χ4n) is 5.82. The Hall–Kier alpha value is -2.10. The molecule has 0 saturated carbocycles. The molecule has 4 aliphatic heterocycles. The first-order valence-corrected chi connectivity index (χ1v) is 10.2. The molecule has 4 fully saturated rings. The molecule has 0 radical (unpaired) electrons. The Bertz CT molecular complexity index is 840. The lowest BCUT2D eigenvalue weighted by atomic mass is 9.75. The Morgan fingerprint density at radius 1 is 1.04 bits per heavy atom. The molecular weight excluding hydrogens is 332 g/mol. The highest BCUT2D eigenvalue weighted by Crippen LogP contribution is 2.47. The van der Waals surface area contributed by atoms with Crippen molar-refractivity contribution < 1.29 is 5.11 Å². The zero-order valence-electron chi connectivity index (χ0n) is 15.8. The van der Waals surface area contributed by atoms with Crippen molar-refractivity contribution in [3.05, 3.63) is 71.8 Å². The largest absolute Gasteiger partial charge is 0.508 e. The van der Waals surface area contributed by atoms with Crippen LogP contribution >= 0.6 is 0 Å². The highest BCUT2D eigenvalue weighted by molar-refractivity contribution is 5.48. The summed E-state index contributed by atoms with van der Waals surface area (Å²) >= 11 is 0. The molecule has 140 valence electrons. The molecule has 4 heterocycles. The maximum Gasteiger partial charge on any atom is 0.115 e. The number of hydrogen-bond donors (Lipinski definition) is 1. The van der Waals surface area contributed by atoms with E-state index in [1.54, 1.807) is 6.07 Å². The topological polar surface area (TPSA) is 26.7 Å². The van der Waals surface area contributed by atoms with Crippen LogP contribution in [-0.2, 0) is 6.54 Å². The van der Waals surface area contributed by atoms with Gasteiger partial charge in [-0.1, -0.05) is 49.1 Å². The minimum absolute atomic E-state index is 0.386. The fraction of sp³-hybridized carbons (Fsp3) is 0.417. The second-order valence-electron chi connectivity index (χ2n) is 8.43. The monoisotopic (exact) mass is 360 g/mol. The molecule has 2 aromatic rings. The first-order valence-electron chi connectivity index (χ1n) is 10.2. The van der Waals surface area contributed by atoms with Crippen LogP contribution in [0.25, 0.3) is 6.08 Å². The first kappa shape index (κ1) is 17.0.